The Labute approximate surface area is 149 Å². The lowest BCUT2D eigenvalue weighted by atomic mass is 9.95. The highest BCUT2D eigenvalue weighted by Gasteiger charge is 2.27. The van der Waals surface area contributed by atoms with E-state index in [1.165, 1.54) is 24.0 Å². The van der Waals surface area contributed by atoms with Crippen molar-refractivity contribution < 1.29 is 4.79 Å². The van der Waals surface area contributed by atoms with E-state index in [0.717, 1.165) is 36.5 Å². The van der Waals surface area contributed by atoms with Crippen LogP contribution in [0.25, 0.3) is 5.57 Å². The summed E-state index contributed by atoms with van der Waals surface area (Å²) in [6, 6.07) is 6.34. The second kappa shape index (κ2) is 6.87. The topological polar surface area (TPSA) is 44.7 Å². The molecule has 4 rings (SSSR count). The van der Waals surface area contributed by atoms with E-state index in [1.807, 2.05) is 11.1 Å². The number of anilines is 2. The van der Waals surface area contributed by atoms with Gasteiger partial charge in [-0.05, 0) is 62.0 Å². The zero-order chi connectivity index (χ0) is 17.2. The summed E-state index contributed by atoms with van der Waals surface area (Å²) in [5.41, 5.74) is 5.70. The van der Waals surface area contributed by atoms with Crippen molar-refractivity contribution in [1.82, 2.24) is 0 Å². The van der Waals surface area contributed by atoms with Crippen LogP contribution in [-0.2, 0) is 4.79 Å². The van der Waals surface area contributed by atoms with Crippen LogP contribution in [-0.4, -0.2) is 25.2 Å². The largest absolute Gasteiger partial charge is 0.384 e. The maximum absolute atomic E-state index is 12.6. The van der Waals surface area contributed by atoms with E-state index in [9.17, 15) is 4.79 Å². The smallest absolute Gasteiger partial charge is 0.227 e. The summed E-state index contributed by atoms with van der Waals surface area (Å²) >= 11 is 0. The summed E-state index contributed by atoms with van der Waals surface area (Å²) in [6.07, 6.45) is 11.3. The predicted octanol–water partition coefficient (Wildman–Crippen LogP) is 4.40. The number of nitrogens with one attached hydrogen (secondary N) is 1. The third kappa shape index (κ3) is 3.53. The van der Waals surface area contributed by atoms with Crippen molar-refractivity contribution in [2.75, 3.05) is 23.3 Å². The third-order valence-corrected chi connectivity index (χ3v) is 5.14. The average Bonchev–Trinajstić information content (AvgIpc) is 3.28. The molecule has 0 unspecified atom stereocenters. The monoisotopic (exact) mass is 335 g/mol. The molecule has 4 nitrogen and oxygen atoms in total. The summed E-state index contributed by atoms with van der Waals surface area (Å²) in [6.45, 7) is 3.71. The molecule has 1 amide bonds. The second-order valence-corrected chi connectivity index (χ2v) is 7.04. The minimum atomic E-state index is 0.252. The number of allylic oxidation sites excluding steroid dienone is 2. The van der Waals surface area contributed by atoms with E-state index < -0.39 is 0 Å². The van der Waals surface area contributed by atoms with Crippen molar-refractivity contribution in [2.24, 2.45) is 10.9 Å². The Bertz CT molecular complexity index is 771. The fourth-order valence-electron chi connectivity index (χ4n) is 3.58. The van der Waals surface area contributed by atoms with Gasteiger partial charge in [-0.25, -0.2) is 0 Å². The standard InChI is InChI=1S/C21H25N3O/c1-2-24(21(25)12-15-5-6-15)18-7-8-20-19(14-18)16(9-11-23-20)13-17-4-3-10-22-17/h4,7-8,10,13-15,23H,2-3,5-6,9,11-12H2,1H3/b16-13+. The molecular weight excluding hydrogens is 310 g/mol. The molecule has 0 aromatic heterocycles. The third-order valence-electron chi connectivity index (χ3n) is 5.14. The van der Waals surface area contributed by atoms with Gasteiger partial charge < -0.3 is 10.2 Å². The molecule has 130 valence electrons. The van der Waals surface area contributed by atoms with Crippen LogP contribution in [0.3, 0.4) is 0 Å². The molecule has 1 aromatic rings. The van der Waals surface area contributed by atoms with Crippen LogP contribution in [0, 0.1) is 5.92 Å². The van der Waals surface area contributed by atoms with Gasteiger partial charge >= 0.3 is 0 Å². The highest BCUT2D eigenvalue weighted by atomic mass is 16.2. The molecule has 1 aromatic carbocycles. The molecule has 0 radical (unpaired) electrons. The minimum absolute atomic E-state index is 0.252. The van der Waals surface area contributed by atoms with E-state index in [-0.39, 0.29) is 5.91 Å². The van der Waals surface area contributed by atoms with E-state index in [4.69, 9.17) is 0 Å². The predicted molar refractivity (Wildman–Crippen MR) is 104 cm³/mol. The summed E-state index contributed by atoms with van der Waals surface area (Å²) in [4.78, 5) is 19.0. The van der Waals surface area contributed by atoms with Gasteiger partial charge in [-0.15, -0.1) is 0 Å². The fourth-order valence-corrected chi connectivity index (χ4v) is 3.58. The molecule has 1 saturated carbocycles. The van der Waals surface area contributed by atoms with Crippen LogP contribution < -0.4 is 10.2 Å². The van der Waals surface area contributed by atoms with E-state index >= 15 is 0 Å². The van der Waals surface area contributed by atoms with Crippen molar-refractivity contribution in [3.8, 4) is 0 Å². The lowest BCUT2D eigenvalue weighted by molar-refractivity contribution is -0.118. The number of carbonyl (C=O) groups is 1. The molecule has 25 heavy (non-hydrogen) atoms. The minimum Gasteiger partial charge on any atom is -0.384 e. The van der Waals surface area contributed by atoms with Crippen LogP contribution in [0.5, 0.6) is 0 Å². The first-order valence-electron chi connectivity index (χ1n) is 9.36. The SMILES string of the molecule is CCN(C(=O)CC1CC1)c1ccc2c(c1)/C(=C/C1=CCC=N1)CCN2. The molecule has 0 bridgehead atoms. The quantitative estimate of drug-likeness (QED) is 0.867. The van der Waals surface area contributed by atoms with Gasteiger partial charge in [0.2, 0.25) is 5.91 Å². The van der Waals surface area contributed by atoms with E-state index in [2.05, 4.69) is 47.6 Å². The van der Waals surface area contributed by atoms with Gasteiger partial charge in [-0.2, -0.15) is 0 Å². The number of aliphatic imine (C=N–C) groups is 1. The molecule has 0 spiro atoms. The van der Waals surface area contributed by atoms with Crippen molar-refractivity contribution >= 4 is 29.1 Å². The number of rotatable bonds is 5. The number of amides is 1. The van der Waals surface area contributed by atoms with Crippen molar-refractivity contribution in [3.63, 3.8) is 0 Å². The number of carbonyl (C=O) groups excluding carboxylic acids is 1. The Kier molecular flexibility index (Phi) is 4.43. The molecular formula is C21H25N3O. The Hall–Kier alpha value is -2.36. The van der Waals surface area contributed by atoms with Crippen LogP contribution in [0.4, 0.5) is 11.4 Å². The molecule has 1 fully saturated rings. The number of nitrogens with zero attached hydrogens (tertiary/aromatic N) is 2. The van der Waals surface area contributed by atoms with Crippen molar-refractivity contribution in [1.29, 1.82) is 0 Å². The Morgan fingerprint density at radius 1 is 1.40 bits per heavy atom. The molecule has 2 heterocycles. The van der Waals surface area contributed by atoms with Crippen LogP contribution in [0.15, 0.2) is 41.0 Å². The first kappa shape index (κ1) is 16.1. The molecule has 0 atom stereocenters. The van der Waals surface area contributed by atoms with Crippen LogP contribution in [0.2, 0.25) is 0 Å². The molecule has 0 saturated heterocycles. The second-order valence-electron chi connectivity index (χ2n) is 7.04. The summed E-state index contributed by atoms with van der Waals surface area (Å²) in [5.74, 6) is 0.866. The number of hydrogen-bond donors (Lipinski definition) is 1. The first-order chi connectivity index (χ1) is 12.2. The number of hydrogen-bond acceptors (Lipinski definition) is 3. The number of fused-ring (bicyclic) bond motifs is 1. The van der Waals surface area contributed by atoms with Crippen LogP contribution >= 0.6 is 0 Å². The average molecular weight is 335 g/mol. The van der Waals surface area contributed by atoms with Crippen molar-refractivity contribution in [2.45, 2.75) is 39.0 Å². The van der Waals surface area contributed by atoms with E-state index in [0.29, 0.717) is 18.9 Å². The number of benzene rings is 1. The maximum Gasteiger partial charge on any atom is 0.227 e. The summed E-state index contributed by atoms with van der Waals surface area (Å²) in [7, 11) is 0. The van der Waals surface area contributed by atoms with E-state index in [1.54, 1.807) is 0 Å². The highest BCUT2D eigenvalue weighted by molar-refractivity contribution is 5.95. The Morgan fingerprint density at radius 2 is 2.28 bits per heavy atom. The normalized spacial score (nSPS) is 20.2. The summed E-state index contributed by atoms with van der Waals surface area (Å²) < 4.78 is 0. The lowest BCUT2D eigenvalue weighted by Crippen LogP contribution is -2.31. The molecule has 1 N–H and O–H groups in total. The van der Waals surface area contributed by atoms with Gasteiger partial charge in [0.05, 0.1) is 5.70 Å². The van der Waals surface area contributed by atoms with Gasteiger partial charge in [0, 0.05) is 49.1 Å². The Balaban J connectivity index is 1.64. The lowest BCUT2D eigenvalue weighted by Gasteiger charge is -2.26. The molecule has 2 aliphatic heterocycles. The van der Waals surface area contributed by atoms with Gasteiger partial charge in [0.1, 0.15) is 0 Å². The fraction of sp³-hybridized carbons (Fsp3) is 0.429. The maximum atomic E-state index is 12.6. The van der Waals surface area contributed by atoms with Gasteiger partial charge in [-0.1, -0.05) is 6.08 Å². The van der Waals surface area contributed by atoms with Gasteiger partial charge in [-0.3, -0.25) is 9.79 Å². The molecule has 1 aliphatic carbocycles. The zero-order valence-electron chi connectivity index (χ0n) is 14.8. The van der Waals surface area contributed by atoms with Gasteiger partial charge in [0.25, 0.3) is 0 Å². The first-order valence-corrected chi connectivity index (χ1v) is 9.36. The zero-order valence-corrected chi connectivity index (χ0v) is 14.8. The molecule has 4 heteroatoms. The van der Waals surface area contributed by atoms with Crippen LogP contribution in [0.1, 0.15) is 44.6 Å². The Morgan fingerprint density at radius 3 is 3.00 bits per heavy atom. The van der Waals surface area contributed by atoms with Crippen molar-refractivity contribution in [3.05, 3.63) is 41.6 Å². The van der Waals surface area contributed by atoms with Gasteiger partial charge in [0.15, 0.2) is 0 Å². The highest BCUT2D eigenvalue weighted by Crippen LogP contribution is 2.37. The summed E-state index contributed by atoms with van der Waals surface area (Å²) in [5, 5.41) is 3.47. The molecule has 3 aliphatic rings.